The van der Waals surface area contributed by atoms with E-state index in [4.69, 9.17) is 25.0 Å². The van der Waals surface area contributed by atoms with E-state index in [0.717, 1.165) is 65.2 Å². The Kier molecular flexibility index (Phi) is 4.11. The van der Waals surface area contributed by atoms with Crippen LogP contribution in [-0.4, -0.2) is 39.3 Å². The SMILES string of the molecule is Cc1cc(C)c2c(n1)sc1c2ncn2nc(-c3cc(-c4cnn(C)c4C)nc4ccccc34)nc12. The van der Waals surface area contributed by atoms with Crippen LogP contribution in [0, 0.1) is 20.8 Å². The minimum absolute atomic E-state index is 0.638. The monoisotopic (exact) mass is 476 g/mol. The highest BCUT2D eigenvalue weighted by molar-refractivity contribution is 7.26. The van der Waals surface area contributed by atoms with Crippen LogP contribution in [0.25, 0.3) is 59.6 Å². The Morgan fingerprint density at radius 3 is 2.63 bits per heavy atom. The first-order valence-electron chi connectivity index (χ1n) is 11.3. The zero-order valence-electron chi connectivity index (χ0n) is 19.6. The second-order valence-electron chi connectivity index (χ2n) is 8.83. The number of aromatic nitrogens is 8. The van der Waals surface area contributed by atoms with Gasteiger partial charge in [-0.3, -0.25) is 4.68 Å². The molecule has 0 aliphatic carbocycles. The standard InChI is InChI=1S/C26H20N8S/c1-13-9-14(2)29-26-21(13)22-23(35-26)25-31-24(32-34(25)12-27-22)17-10-20(18-11-28-33(4)15(18)3)30-19-8-6-5-7-16(17)19/h5-12H,1-4H3. The molecular weight excluding hydrogens is 456 g/mol. The number of nitrogens with zero attached hydrogens (tertiary/aromatic N) is 8. The van der Waals surface area contributed by atoms with Crippen molar-refractivity contribution in [3.63, 3.8) is 0 Å². The molecule has 0 atom stereocenters. The maximum absolute atomic E-state index is 5.02. The summed E-state index contributed by atoms with van der Waals surface area (Å²) in [7, 11) is 1.94. The van der Waals surface area contributed by atoms with Gasteiger partial charge in [0.05, 0.1) is 22.9 Å². The van der Waals surface area contributed by atoms with E-state index in [1.165, 1.54) is 5.56 Å². The number of hydrogen-bond donors (Lipinski definition) is 0. The van der Waals surface area contributed by atoms with Crippen LogP contribution in [0.15, 0.2) is 48.9 Å². The molecule has 0 saturated heterocycles. The van der Waals surface area contributed by atoms with E-state index in [1.807, 2.05) is 50.0 Å². The van der Waals surface area contributed by atoms with Gasteiger partial charge in [-0.2, -0.15) is 5.10 Å². The molecule has 6 heterocycles. The number of fused-ring (bicyclic) bond motifs is 6. The summed E-state index contributed by atoms with van der Waals surface area (Å²) in [6, 6.07) is 12.3. The Morgan fingerprint density at radius 1 is 0.943 bits per heavy atom. The predicted octanol–water partition coefficient (Wildman–Crippen LogP) is 5.43. The van der Waals surface area contributed by atoms with E-state index in [-0.39, 0.29) is 0 Å². The predicted molar refractivity (Wildman–Crippen MR) is 139 cm³/mol. The molecule has 0 fully saturated rings. The summed E-state index contributed by atoms with van der Waals surface area (Å²) in [6.45, 7) is 6.17. The van der Waals surface area contributed by atoms with E-state index < -0.39 is 0 Å². The number of para-hydroxylation sites is 1. The van der Waals surface area contributed by atoms with Gasteiger partial charge in [0.25, 0.3) is 0 Å². The summed E-state index contributed by atoms with van der Waals surface area (Å²) >= 11 is 1.62. The molecule has 6 aromatic heterocycles. The van der Waals surface area contributed by atoms with Gasteiger partial charge in [-0.1, -0.05) is 18.2 Å². The highest BCUT2D eigenvalue weighted by Crippen LogP contribution is 2.37. The quantitative estimate of drug-likeness (QED) is 0.331. The summed E-state index contributed by atoms with van der Waals surface area (Å²) in [5.74, 6) is 0.638. The van der Waals surface area contributed by atoms with Crippen molar-refractivity contribution in [2.75, 3.05) is 0 Å². The third kappa shape index (κ3) is 2.91. The average Bonchev–Trinajstić information content (AvgIpc) is 3.53. The van der Waals surface area contributed by atoms with E-state index in [1.54, 1.807) is 22.2 Å². The average molecular weight is 477 g/mol. The smallest absolute Gasteiger partial charge is 0.183 e. The number of aryl methyl sites for hydroxylation is 3. The fraction of sp³-hybridized carbons (Fsp3) is 0.154. The number of pyridine rings is 2. The van der Waals surface area contributed by atoms with Gasteiger partial charge in [0.2, 0.25) is 0 Å². The van der Waals surface area contributed by atoms with E-state index in [2.05, 4.69) is 30.2 Å². The molecule has 7 aromatic rings. The number of benzene rings is 1. The lowest BCUT2D eigenvalue weighted by Crippen LogP contribution is -1.95. The van der Waals surface area contributed by atoms with Crippen LogP contribution in [0.4, 0.5) is 0 Å². The van der Waals surface area contributed by atoms with Gasteiger partial charge in [-0.15, -0.1) is 16.4 Å². The molecule has 0 aliphatic heterocycles. The third-order valence-corrected chi connectivity index (χ3v) is 7.63. The van der Waals surface area contributed by atoms with Crippen molar-refractivity contribution in [3.8, 4) is 22.6 Å². The summed E-state index contributed by atoms with van der Waals surface area (Å²) < 4.78 is 4.61. The van der Waals surface area contributed by atoms with Crippen LogP contribution in [0.2, 0.25) is 0 Å². The first-order chi connectivity index (χ1) is 17.0. The normalized spacial score (nSPS) is 12.0. The number of rotatable bonds is 2. The summed E-state index contributed by atoms with van der Waals surface area (Å²) in [5.41, 5.74) is 8.60. The molecule has 0 unspecified atom stereocenters. The second kappa shape index (κ2) is 7.13. The Bertz CT molecular complexity index is 1960. The van der Waals surface area contributed by atoms with Crippen LogP contribution in [0.3, 0.4) is 0 Å². The van der Waals surface area contributed by atoms with Gasteiger partial charge >= 0.3 is 0 Å². The van der Waals surface area contributed by atoms with Crippen molar-refractivity contribution >= 4 is 48.3 Å². The Balaban J connectivity index is 1.51. The minimum atomic E-state index is 0.638. The fourth-order valence-corrected chi connectivity index (χ4v) is 5.96. The Morgan fingerprint density at radius 2 is 1.80 bits per heavy atom. The molecule has 35 heavy (non-hydrogen) atoms. The van der Waals surface area contributed by atoms with Crippen LogP contribution >= 0.6 is 11.3 Å². The molecule has 9 heteroatoms. The molecule has 8 nitrogen and oxygen atoms in total. The zero-order valence-corrected chi connectivity index (χ0v) is 20.4. The molecule has 0 bridgehead atoms. The molecule has 7 rings (SSSR count). The van der Waals surface area contributed by atoms with Crippen molar-refractivity contribution in [3.05, 3.63) is 65.9 Å². The molecule has 0 N–H and O–H groups in total. The molecule has 0 saturated carbocycles. The molecule has 1 aromatic carbocycles. The van der Waals surface area contributed by atoms with E-state index in [9.17, 15) is 0 Å². The lowest BCUT2D eigenvalue weighted by Gasteiger charge is -2.07. The van der Waals surface area contributed by atoms with Crippen molar-refractivity contribution in [2.45, 2.75) is 20.8 Å². The molecular formula is C26H20N8S. The molecule has 0 spiro atoms. The van der Waals surface area contributed by atoms with Crippen molar-refractivity contribution in [1.29, 1.82) is 0 Å². The maximum Gasteiger partial charge on any atom is 0.183 e. The van der Waals surface area contributed by atoms with Gasteiger partial charge in [0.15, 0.2) is 11.5 Å². The highest BCUT2D eigenvalue weighted by atomic mass is 32.1. The summed E-state index contributed by atoms with van der Waals surface area (Å²) in [4.78, 5) is 20.4. The van der Waals surface area contributed by atoms with Gasteiger partial charge in [-0.05, 0) is 44.5 Å². The largest absolute Gasteiger partial charge is 0.272 e. The minimum Gasteiger partial charge on any atom is -0.272 e. The van der Waals surface area contributed by atoms with Gasteiger partial charge < -0.3 is 0 Å². The molecule has 170 valence electrons. The van der Waals surface area contributed by atoms with E-state index in [0.29, 0.717) is 5.82 Å². The first kappa shape index (κ1) is 20.2. The molecule has 0 amide bonds. The second-order valence-corrected chi connectivity index (χ2v) is 9.83. The number of thiophene rings is 1. The van der Waals surface area contributed by atoms with Crippen LogP contribution in [-0.2, 0) is 7.05 Å². The Hall–Kier alpha value is -4.24. The first-order valence-corrected chi connectivity index (χ1v) is 12.1. The highest BCUT2D eigenvalue weighted by Gasteiger charge is 2.19. The van der Waals surface area contributed by atoms with Gasteiger partial charge in [0, 0.05) is 40.3 Å². The van der Waals surface area contributed by atoms with Crippen molar-refractivity contribution in [1.82, 2.24) is 39.3 Å². The van der Waals surface area contributed by atoms with E-state index >= 15 is 0 Å². The number of hydrogen-bond acceptors (Lipinski definition) is 7. The van der Waals surface area contributed by atoms with Gasteiger partial charge in [-0.25, -0.2) is 24.5 Å². The zero-order chi connectivity index (χ0) is 23.8. The Labute approximate surface area is 203 Å². The lowest BCUT2D eigenvalue weighted by molar-refractivity contribution is 0.740. The third-order valence-electron chi connectivity index (χ3n) is 6.56. The van der Waals surface area contributed by atoms with Crippen molar-refractivity contribution in [2.24, 2.45) is 7.05 Å². The van der Waals surface area contributed by atoms with Crippen LogP contribution < -0.4 is 0 Å². The van der Waals surface area contributed by atoms with Gasteiger partial charge in [0.1, 0.15) is 15.9 Å². The fourth-order valence-electron chi connectivity index (χ4n) is 4.73. The topological polar surface area (TPSA) is 86.7 Å². The van der Waals surface area contributed by atoms with Crippen molar-refractivity contribution < 1.29 is 0 Å². The van der Waals surface area contributed by atoms with Crippen LogP contribution in [0.1, 0.15) is 17.0 Å². The molecule has 0 aliphatic rings. The maximum atomic E-state index is 5.02. The summed E-state index contributed by atoms with van der Waals surface area (Å²) in [6.07, 6.45) is 3.60. The molecule has 0 radical (unpaired) electrons. The lowest BCUT2D eigenvalue weighted by atomic mass is 10.0. The summed E-state index contributed by atoms with van der Waals surface area (Å²) in [5, 5.41) is 11.3. The van der Waals surface area contributed by atoms with Crippen LogP contribution in [0.5, 0.6) is 0 Å².